The summed E-state index contributed by atoms with van der Waals surface area (Å²) in [6.07, 6.45) is -2.46. The highest BCUT2D eigenvalue weighted by Crippen LogP contribution is 2.44. The van der Waals surface area contributed by atoms with Crippen molar-refractivity contribution in [3.8, 4) is 11.1 Å². The second kappa shape index (κ2) is 42.0. The molecule has 24 N–H and O–H groups in total. The van der Waals surface area contributed by atoms with Crippen molar-refractivity contribution in [2.45, 2.75) is 196 Å². The van der Waals surface area contributed by atoms with Crippen molar-refractivity contribution in [1.29, 1.82) is 10.8 Å². The fourth-order valence-corrected chi connectivity index (χ4v) is 13.3. The molecule has 4 aromatic rings. The highest BCUT2D eigenvalue weighted by Gasteiger charge is 2.42. The first-order valence-corrected chi connectivity index (χ1v) is 36.9. The van der Waals surface area contributed by atoms with Gasteiger partial charge in [0, 0.05) is 43.2 Å². The molecule has 13 amide bonds. The third-order valence-corrected chi connectivity index (χ3v) is 19.0. The van der Waals surface area contributed by atoms with Gasteiger partial charge in [0.25, 0.3) is 0 Å². The molecule has 3 aliphatic rings. The van der Waals surface area contributed by atoms with Gasteiger partial charge in [-0.25, -0.2) is 4.79 Å². The molecule has 0 spiro atoms. The van der Waals surface area contributed by atoms with E-state index < -0.39 is 181 Å². The molecule has 596 valence electrons. The maximum absolute atomic E-state index is 14.8. The zero-order chi connectivity index (χ0) is 80.1. The highest BCUT2D eigenvalue weighted by atomic mass is 16.5. The van der Waals surface area contributed by atoms with Crippen LogP contribution in [0.1, 0.15) is 140 Å². The third kappa shape index (κ3) is 25.1. The van der Waals surface area contributed by atoms with Crippen molar-refractivity contribution in [2.75, 3.05) is 39.4 Å². The van der Waals surface area contributed by atoms with Crippen LogP contribution in [0.5, 0.6) is 0 Å². The summed E-state index contributed by atoms with van der Waals surface area (Å²) in [5, 5.41) is 70.1. The number of H-pyrrole nitrogens is 1. The Hall–Kier alpha value is -11.9. The maximum atomic E-state index is 14.8. The number of nitrogens with two attached hydrogens (primary N) is 3. The van der Waals surface area contributed by atoms with E-state index in [1.807, 2.05) is 48.5 Å². The van der Waals surface area contributed by atoms with Crippen LogP contribution in [0.25, 0.3) is 22.0 Å². The van der Waals surface area contributed by atoms with Crippen molar-refractivity contribution in [3.63, 3.8) is 0 Å². The Labute approximate surface area is 634 Å². The number of guanidine groups is 2. The van der Waals surface area contributed by atoms with E-state index in [0.717, 1.165) is 32.5 Å². The molecule has 2 fully saturated rings. The number of carboxylic acids is 1. The van der Waals surface area contributed by atoms with Crippen molar-refractivity contribution in [1.82, 2.24) is 79.0 Å². The lowest BCUT2D eigenvalue weighted by atomic mass is 9.98. The number of benzene rings is 3. The van der Waals surface area contributed by atoms with Gasteiger partial charge in [-0.1, -0.05) is 106 Å². The van der Waals surface area contributed by atoms with Gasteiger partial charge in [0.2, 0.25) is 70.9 Å². The average molecular weight is 1530 g/mol. The normalized spacial score (nSPS) is 22.6. The molecule has 3 heterocycles. The Morgan fingerprint density at radius 3 is 1.75 bits per heavy atom. The lowest BCUT2D eigenvalue weighted by Crippen LogP contribution is -2.61. The minimum atomic E-state index is -1.98. The van der Waals surface area contributed by atoms with Gasteiger partial charge in [-0.15, -0.1) is 0 Å². The van der Waals surface area contributed by atoms with Crippen LogP contribution < -0.4 is 86.3 Å². The van der Waals surface area contributed by atoms with Crippen LogP contribution in [-0.2, 0) is 73.5 Å². The first kappa shape index (κ1) is 85.3. The highest BCUT2D eigenvalue weighted by molar-refractivity contribution is 6.00. The van der Waals surface area contributed by atoms with Gasteiger partial charge in [0.1, 0.15) is 79.6 Å². The van der Waals surface area contributed by atoms with E-state index in [9.17, 15) is 77.3 Å². The number of carbonyl (C=O) groups is 14. The number of aliphatic carboxylic acids is 1. The molecule has 1 unspecified atom stereocenters. The Balaban J connectivity index is 1.18. The number of aromatic nitrogens is 1. The van der Waals surface area contributed by atoms with E-state index in [4.69, 9.17) is 32.8 Å². The van der Waals surface area contributed by atoms with E-state index >= 15 is 0 Å². The number of aliphatic hydroxyl groups is 1. The first-order valence-electron chi connectivity index (χ1n) is 36.9. The fraction of sp³-hybridized carbons (Fsp3) is 0.507. The summed E-state index contributed by atoms with van der Waals surface area (Å²) in [7, 11) is 0. The second-order valence-corrected chi connectivity index (χ2v) is 27.3. The van der Waals surface area contributed by atoms with Crippen LogP contribution in [0, 0.1) is 10.8 Å². The first-order chi connectivity index (χ1) is 52.6. The average Bonchev–Trinajstić information content (AvgIpc) is 1.62. The van der Waals surface area contributed by atoms with Crippen molar-refractivity contribution < 1.29 is 82.1 Å². The molecule has 0 saturated carbocycles. The SMILES string of the molecule is CCC[C@H](NC(=O)CNC(=O)OCC1c2ccccc2-c2ccccc21)C(=O)N[C@H]1CCCC[C@@H](C(N)=O)NC(=O)[C@H](CCCNC(=N)N)NC(=O)[C@H](Cc2cc3ccccc3[nH]2)NC(=O)[C@H](C)NC(=O)[C@H](CCC)NC(=O)[C@H](CCCNC(=N)N)NC(=O)C2CCCN2C(=O)[C@H](CC(=O)O)NC(=O)[C@H](CO)NC1=O. The predicted molar refractivity (Wildman–Crippen MR) is 400 cm³/mol. The summed E-state index contributed by atoms with van der Waals surface area (Å²) in [5.74, 6) is -14.5. The molecule has 1 aliphatic carbocycles. The monoisotopic (exact) mass is 1530 g/mol. The van der Waals surface area contributed by atoms with E-state index in [-0.39, 0.29) is 122 Å². The summed E-state index contributed by atoms with van der Waals surface area (Å²) in [6, 6.07) is 7.16. The lowest BCUT2D eigenvalue weighted by Gasteiger charge is -2.30. The third-order valence-electron chi connectivity index (χ3n) is 19.0. The molecule has 37 heteroatoms. The van der Waals surface area contributed by atoms with Crippen LogP contribution >= 0.6 is 0 Å². The number of ether oxygens (including phenoxy) is 1. The maximum Gasteiger partial charge on any atom is 0.407 e. The summed E-state index contributed by atoms with van der Waals surface area (Å²) in [4.78, 5) is 201. The fourth-order valence-electron chi connectivity index (χ4n) is 13.3. The summed E-state index contributed by atoms with van der Waals surface area (Å²) in [5.41, 5.74) is 22.0. The van der Waals surface area contributed by atoms with Crippen LogP contribution in [-0.4, -0.2) is 221 Å². The molecule has 110 heavy (non-hydrogen) atoms. The van der Waals surface area contributed by atoms with Crippen LogP contribution in [0.15, 0.2) is 78.9 Å². The zero-order valence-corrected chi connectivity index (χ0v) is 61.7. The van der Waals surface area contributed by atoms with Gasteiger partial charge in [-0.05, 0) is 111 Å². The van der Waals surface area contributed by atoms with Gasteiger partial charge < -0.3 is 111 Å². The number of carboxylic acid groups (broad SMARTS) is 1. The molecule has 0 radical (unpaired) electrons. The number of nitrogens with zero attached hydrogens (tertiary/aromatic N) is 1. The number of aromatic amines is 1. The number of alkyl carbamates (subject to hydrolysis) is 1. The Morgan fingerprint density at radius 1 is 0.609 bits per heavy atom. The number of fused-ring (bicyclic) bond motifs is 5. The van der Waals surface area contributed by atoms with Crippen LogP contribution in [0.3, 0.4) is 0 Å². The molecule has 2 saturated heterocycles. The van der Waals surface area contributed by atoms with Crippen molar-refractivity contribution in [3.05, 3.63) is 95.7 Å². The standard InChI is InChI=1S/C73H102N20O17/c1-4-17-49(84-58(95)36-81-73(109)110-38-46-44-22-9-7-20-42(44)43-21-8-10-23-45(43)46)63(101)87-51-26-13-12-25-48(60(74)98)85-64(102)52(27-14-30-79-71(75)76)88-67(105)54(34-41-33-40-19-6-11-24-47(40)83-41)90-61(99)39(3)82-62(100)50(18-5-2)86-65(103)53(28-15-31-80-72(77)78)89-69(107)57-29-16-32-93(57)70(108)55(35-59(96)97)91-68(106)56(37-94)92-66(51)104/h6-11,19-24,33,39,46,48-57,83,94H,4-5,12-18,25-32,34-38H2,1-3H3,(H2,74,98)(H,81,109)(H,82,100)(H,84,95)(H,85,102)(H,86,103)(H,87,101)(H,88,105)(H,89,107)(H,90,99)(H,91,106)(H,92,104)(H,96,97)(H4,75,76,79)(H4,77,78,80)/t39-,48-,49-,50-,51-,52-,53-,54-,55-,56-,57?/m0/s1. The summed E-state index contributed by atoms with van der Waals surface area (Å²) < 4.78 is 5.58. The molecule has 37 nitrogen and oxygen atoms in total. The van der Waals surface area contributed by atoms with Crippen molar-refractivity contribution >= 4 is 106 Å². The molecule has 11 atom stereocenters. The summed E-state index contributed by atoms with van der Waals surface area (Å²) >= 11 is 0. The number of aliphatic hydroxyl groups excluding tert-OH is 1. The van der Waals surface area contributed by atoms with Gasteiger partial charge in [-0.3, -0.25) is 73.1 Å². The van der Waals surface area contributed by atoms with Gasteiger partial charge >= 0.3 is 12.1 Å². The zero-order valence-electron chi connectivity index (χ0n) is 61.7. The number of nitrogens with one attached hydrogen (secondary N) is 16. The quantitative estimate of drug-likeness (QED) is 0.0189. The Morgan fingerprint density at radius 2 is 1.15 bits per heavy atom. The van der Waals surface area contributed by atoms with E-state index in [2.05, 4.69) is 74.1 Å². The molecular formula is C73H102N20O17. The van der Waals surface area contributed by atoms with Crippen LogP contribution in [0.2, 0.25) is 0 Å². The number of carbonyl (C=O) groups excluding carboxylic acids is 13. The minimum absolute atomic E-state index is 0.0121. The number of rotatable bonds is 25. The molecular weight excluding hydrogens is 1430 g/mol. The number of amides is 13. The predicted octanol–water partition coefficient (Wildman–Crippen LogP) is -2.24. The van der Waals surface area contributed by atoms with Gasteiger partial charge in [0.05, 0.1) is 13.0 Å². The minimum Gasteiger partial charge on any atom is -0.481 e. The molecule has 2 aliphatic heterocycles. The van der Waals surface area contributed by atoms with Crippen molar-refractivity contribution in [2.24, 2.45) is 17.2 Å². The van der Waals surface area contributed by atoms with Gasteiger partial charge in [-0.2, -0.15) is 0 Å². The largest absolute Gasteiger partial charge is 0.481 e. The smallest absolute Gasteiger partial charge is 0.407 e. The Kier molecular flexibility index (Phi) is 32.6. The molecule has 3 aromatic carbocycles. The van der Waals surface area contributed by atoms with E-state index in [1.54, 1.807) is 44.2 Å². The number of hydrogen-bond donors (Lipinski definition) is 21. The topological polar surface area (TPSA) is 590 Å². The molecule has 0 bridgehead atoms. The number of hydrogen-bond acceptors (Lipinski definition) is 18. The Bertz CT molecular complexity index is 3930. The van der Waals surface area contributed by atoms with E-state index in [1.165, 1.54) is 6.92 Å². The number of primary amides is 1. The lowest BCUT2D eigenvalue weighted by molar-refractivity contribution is -0.146. The van der Waals surface area contributed by atoms with E-state index in [0.29, 0.717) is 17.6 Å². The van der Waals surface area contributed by atoms with Crippen LogP contribution in [0.4, 0.5) is 4.79 Å². The summed E-state index contributed by atoms with van der Waals surface area (Å²) in [6.45, 7) is 2.70. The molecule has 1 aromatic heterocycles. The molecule has 7 rings (SSSR count). The second-order valence-electron chi connectivity index (χ2n) is 27.3. The van der Waals surface area contributed by atoms with Gasteiger partial charge in [0.15, 0.2) is 11.9 Å². The number of para-hydroxylation sites is 1.